The van der Waals surface area contributed by atoms with Crippen molar-refractivity contribution in [2.75, 3.05) is 6.61 Å². The van der Waals surface area contributed by atoms with E-state index in [-0.39, 0.29) is 12.5 Å². The molecule has 0 unspecified atom stereocenters. The summed E-state index contributed by atoms with van der Waals surface area (Å²) in [6.45, 7) is 1.75. The van der Waals surface area contributed by atoms with Crippen LogP contribution in [0.3, 0.4) is 0 Å². The molecular weight excluding hydrogens is 318 g/mol. The van der Waals surface area contributed by atoms with Gasteiger partial charge in [-0.2, -0.15) is 0 Å². The van der Waals surface area contributed by atoms with Crippen LogP contribution in [0.2, 0.25) is 0 Å². The fourth-order valence-corrected chi connectivity index (χ4v) is 2.51. The highest BCUT2D eigenvalue weighted by Gasteiger charge is 2.16. The Kier molecular flexibility index (Phi) is 4.93. The highest BCUT2D eigenvalue weighted by atomic mass is 79.9. The molecule has 0 aliphatic heterocycles. The van der Waals surface area contributed by atoms with Crippen LogP contribution in [0.5, 0.6) is 0 Å². The predicted octanol–water partition coefficient (Wildman–Crippen LogP) is 3.22. The lowest BCUT2D eigenvalue weighted by atomic mass is 10.1. The minimum absolute atomic E-state index is 0.134. The van der Waals surface area contributed by atoms with Gasteiger partial charge in [-0.3, -0.25) is 4.79 Å². The van der Waals surface area contributed by atoms with Crippen molar-refractivity contribution in [3.63, 3.8) is 0 Å². The van der Waals surface area contributed by atoms with Crippen molar-refractivity contribution >= 4 is 21.8 Å². The Bertz CT molecular complexity index is 599. The maximum atomic E-state index is 12.3. The minimum atomic E-state index is -0.397. The molecule has 20 heavy (non-hydrogen) atoms. The first-order chi connectivity index (χ1) is 9.61. The summed E-state index contributed by atoms with van der Waals surface area (Å²) < 4.78 is 0.938. The van der Waals surface area contributed by atoms with Crippen molar-refractivity contribution in [3.05, 3.63) is 69.7 Å². The third-order valence-corrected chi connectivity index (χ3v) is 3.62. The van der Waals surface area contributed by atoms with E-state index in [9.17, 15) is 9.90 Å². The lowest BCUT2D eigenvalue weighted by Crippen LogP contribution is -2.31. The second kappa shape index (κ2) is 6.68. The molecule has 0 saturated heterocycles. The number of carbonyl (C=O) groups is 1. The molecule has 2 rings (SSSR count). The highest BCUT2D eigenvalue weighted by Crippen LogP contribution is 2.18. The van der Waals surface area contributed by atoms with Crippen LogP contribution < -0.4 is 5.32 Å². The van der Waals surface area contributed by atoms with Gasteiger partial charge in [0.05, 0.1) is 12.6 Å². The summed E-state index contributed by atoms with van der Waals surface area (Å²) in [7, 11) is 0. The molecule has 0 fully saturated rings. The molecular formula is C16H16BrNO2. The fraction of sp³-hybridized carbons (Fsp3) is 0.188. The van der Waals surface area contributed by atoms with Crippen molar-refractivity contribution in [3.8, 4) is 0 Å². The van der Waals surface area contributed by atoms with Gasteiger partial charge in [-0.05, 0) is 36.2 Å². The zero-order valence-corrected chi connectivity index (χ0v) is 12.7. The highest BCUT2D eigenvalue weighted by molar-refractivity contribution is 9.10. The van der Waals surface area contributed by atoms with Gasteiger partial charge in [-0.15, -0.1) is 0 Å². The molecule has 0 bridgehead atoms. The van der Waals surface area contributed by atoms with E-state index in [2.05, 4.69) is 21.2 Å². The van der Waals surface area contributed by atoms with Gasteiger partial charge in [-0.25, -0.2) is 0 Å². The van der Waals surface area contributed by atoms with E-state index in [4.69, 9.17) is 0 Å². The van der Waals surface area contributed by atoms with Crippen LogP contribution in [0.25, 0.3) is 0 Å². The minimum Gasteiger partial charge on any atom is -0.394 e. The molecule has 0 aromatic heterocycles. The maximum absolute atomic E-state index is 12.3. The number of halogens is 1. The summed E-state index contributed by atoms with van der Waals surface area (Å²) in [4.78, 5) is 12.3. The first-order valence-corrected chi connectivity index (χ1v) is 7.14. The molecule has 1 amide bonds. The molecule has 1 atom stereocenters. The monoisotopic (exact) mass is 333 g/mol. The first kappa shape index (κ1) is 14.8. The summed E-state index contributed by atoms with van der Waals surface area (Å²) in [5.74, 6) is -0.182. The van der Waals surface area contributed by atoms with Crippen molar-refractivity contribution in [1.82, 2.24) is 5.32 Å². The number of carbonyl (C=O) groups excluding carboxylic acids is 1. The van der Waals surface area contributed by atoms with E-state index < -0.39 is 6.04 Å². The molecule has 2 aromatic rings. The number of aliphatic hydroxyl groups excluding tert-OH is 1. The zero-order valence-electron chi connectivity index (χ0n) is 11.1. The second-order valence-electron chi connectivity index (χ2n) is 4.58. The molecule has 2 N–H and O–H groups in total. The van der Waals surface area contributed by atoms with Gasteiger partial charge >= 0.3 is 0 Å². The fourth-order valence-electron chi connectivity index (χ4n) is 2.04. The van der Waals surface area contributed by atoms with E-state index in [0.29, 0.717) is 5.56 Å². The number of hydrogen-bond donors (Lipinski definition) is 2. The molecule has 0 aliphatic carbocycles. The summed E-state index contributed by atoms with van der Waals surface area (Å²) in [5, 5.41) is 12.3. The van der Waals surface area contributed by atoms with Crippen molar-refractivity contribution in [1.29, 1.82) is 0 Å². The van der Waals surface area contributed by atoms with Crippen LogP contribution >= 0.6 is 15.9 Å². The van der Waals surface area contributed by atoms with Gasteiger partial charge in [0.15, 0.2) is 0 Å². The van der Waals surface area contributed by atoms with Crippen molar-refractivity contribution in [2.24, 2.45) is 0 Å². The van der Waals surface area contributed by atoms with E-state index >= 15 is 0 Å². The Hall–Kier alpha value is -1.65. The van der Waals surface area contributed by atoms with E-state index in [0.717, 1.165) is 15.6 Å². The first-order valence-electron chi connectivity index (χ1n) is 6.34. The molecule has 0 heterocycles. The number of nitrogens with one attached hydrogen (secondary N) is 1. The topological polar surface area (TPSA) is 49.3 Å². The molecule has 0 saturated carbocycles. The van der Waals surface area contributed by atoms with Crippen LogP contribution in [0.4, 0.5) is 0 Å². The average Bonchev–Trinajstić information content (AvgIpc) is 2.45. The number of aryl methyl sites for hydroxylation is 1. The second-order valence-corrected chi connectivity index (χ2v) is 5.49. The van der Waals surface area contributed by atoms with Crippen LogP contribution in [-0.2, 0) is 0 Å². The lowest BCUT2D eigenvalue weighted by Gasteiger charge is -2.17. The Balaban J connectivity index is 2.17. The Morgan fingerprint density at radius 3 is 2.55 bits per heavy atom. The summed E-state index contributed by atoms with van der Waals surface area (Å²) in [6, 6.07) is 14.5. The summed E-state index contributed by atoms with van der Waals surface area (Å²) in [6.07, 6.45) is 0. The summed E-state index contributed by atoms with van der Waals surface area (Å²) >= 11 is 3.37. The Morgan fingerprint density at radius 1 is 1.25 bits per heavy atom. The van der Waals surface area contributed by atoms with E-state index in [1.165, 1.54) is 0 Å². The Morgan fingerprint density at radius 2 is 1.95 bits per heavy atom. The van der Waals surface area contributed by atoms with Gasteiger partial charge in [0.2, 0.25) is 0 Å². The van der Waals surface area contributed by atoms with Gasteiger partial charge in [0, 0.05) is 10.0 Å². The average molecular weight is 334 g/mol. The van der Waals surface area contributed by atoms with E-state index in [1.54, 1.807) is 6.07 Å². The third-order valence-electron chi connectivity index (χ3n) is 3.12. The van der Waals surface area contributed by atoms with Crippen LogP contribution in [0.1, 0.15) is 27.5 Å². The molecule has 104 valence electrons. The zero-order chi connectivity index (χ0) is 14.5. The number of rotatable bonds is 4. The van der Waals surface area contributed by atoms with Gasteiger partial charge < -0.3 is 10.4 Å². The number of hydrogen-bond acceptors (Lipinski definition) is 2. The van der Waals surface area contributed by atoms with Gasteiger partial charge in [0.25, 0.3) is 5.91 Å². The van der Waals surface area contributed by atoms with Gasteiger partial charge in [0.1, 0.15) is 0 Å². The van der Waals surface area contributed by atoms with Crippen LogP contribution in [-0.4, -0.2) is 17.6 Å². The predicted molar refractivity (Wildman–Crippen MR) is 82.6 cm³/mol. The number of benzene rings is 2. The summed E-state index contributed by atoms with van der Waals surface area (Å²) in [5.41, 5.74) is 2.39. The smallest absolute Gasteiger partial charge is 0.252 e. The quantitative estimate of drug-likeness (QED) is 0.902. The third kappa shape index (κ3) is 3.46. The van der Waals surface area contributed by atoms with Gasteiger partial charge in [-0.1, -0.05) is 46.3 Å². The standard InChI is InChI=1S/C16H16BrNO2/c1-11-9-13(17)7-8-14(11)16(20)18-15(10-19)12-5-3-2-4-6-12/h2-9,15,19H,10H2,1H3,(H,18,20)/t15-/m0/s1. The largest absolute Gasteiger partial charge is 0.394 e. The normalized spacial score (nSPS) is 11.9. The van der Waals surface area contributed by atoms with E-state index in [1.807, 2.05) is 49.4 Å². The molecule has 0 radical (unpaired) electrons. The molecule has 0 spiro atoms. The van der Waals surface area contributed by atoms with Crippen molar-refractivity contribution < 1.29 is 9.90 Å². The van der Waals surface area contributed by atoms with Crippen molar-refractivity contribution in [2.45, 2.75) is 13.0 Å². The number of aliphatic hydroxyl groups is 1. The molecule has 0 aliphatic rings. The molecule has 2 aromatic carbocycles. The Labute approximate surface area is 126 Å². The van der Waals surface area contributed by atoms with Crippen LogP contribution in [0, 0.1) is 6.92 Å². The molecule has 4 heteroatoms. The lowest BCUT2D eigenvalue weighted by molar-refractivity contribution is 0.0915. The van der Waals surface area contributed by atoms with Crippen LogP contribution in [0.15, 0.2) is 53.0 Å². The maximum Gasteiger partial charge on any atom is 0.252 e. The SMILES string of the molecule is Cc1cc(Br)ccc1C(=O)N[C@@H](CO)c1ccccc1. The number of amides is 1. The molecule has 3 nitrogen and oxygen atoms in total.